The average molecular weight is 277 g/mol. The fourth-order valence-corrected chi connectivity index (χ4v) is 3.89. The van der Waals surface area contributed by atoms with E-state index in [9.17, 15) is 8.42 Å². The van der Waals surface area contributed by atoms with Crippen molar-refractivity contribution in [2.45, 2.75) is 37.4 Å². The quantitative estimate of drug-likeness (QED) is 0.815. The van der Waals surface area contributed by atoms with Crippen LogP contribution in [0.3, 0.4) is 0 Å². The van der Waals surface area contributed by atoms with Crippen molar-refractivity contribution in [3.05, 3.63) is 11.2 Å². The lowest BCUT2D eigenvalue weighted by Crippen LogP contribution is -2.40. The molecule has 0 amide bonds. The van der Waals surface area contributed by atoms with Crippen LogP contribution in [0.5, 0.6) is 0 Å². The summed E-state index contributed by atoms with van der Waals surface area (Å²) in [5.74, 6) is 0.398. The minimum absolute atomic E-state index is 0.220. The van der Waals surface area contributed by atoms with Crippen molar-refractivity contribution in [2.75, 3.05) is 6.54 Å². The van der Waals surface area contributed by atoms with Gasteiger partial charge in [-0.15, -0.1) is 11.3 Å². The van der Waals surface area contributed by atoms with Crippen LogP contribution < -0.4 is 10.5 Å². The van der Waals surface area contributed by atoms with Gasteiger partial charge in [-0.25, -0.2) is 18.1 Å². The summed E-state index contributed by atoms with van der Waals surface area (Å²) in [6.45, 7) is 6.15. The van der Waals surface area contributed by atoms with Crippen LogP contribution >= 0.6 is 11.3 Å². The fraction of sp³-hybridized carbons (Fsp3) is 0.700. The lowest BCUT2D eigenvalue weighted by atomic mass is 10.1. The number of hydrogen-bond acceptors (Lipinski definition) is 5. The Morgan fingerprint density at radius 1 is 1.53 bits per heavy atom. The maximum atomic E-state index is 12.0. The van der Waals surface area contributed by atoms with Gasteiger partial charge >= 0.3 is 0 Å². The van der Waals surface area contributed by atoms with E-state index in [4.69, 9.17) is 5.73 Å². The van der Waals surface area contributed by atoms with Crippen molar-refractivity contribution < 1.29 is 8.42 Å². The first kappa shape index (κ1) is 14.6. The van der Waals surface area contributed by atoms with Gasteiger partial charge in [0.25, 0.3) is 10.0 Å². The van der Waals surface area contributed by atoms with Gasteiger partial charge in [-0.2, -0.15) is 0 Å². The van der Waals surface area contributed by atoms with Gasteiger partial charge in [0.1, 0.15) is 0 Å². The number of hydrogen-bond donors (Lipinski definition) is 2. The number of rotatable bonds is 6. The van der Waals surface area contributed by atoms with Crippen molar-refractivity contribution in [1.82, 2.24) is 9.71 Å². The molecule has 1 rings (SSSR count). The molecule has 3 N–H and O–H groups in total. The number of aryl methyl sites for hydroxylation is 1. The van der Waals surface area contributed by atoms with E-state index in [2.05, 4.69) is 9.71 Å². The predicted molar refractivity (Wildman–Crippen MR) is 69.5 cm³/mol. The molecule has 7 heteroatoms. The maximum absolute atomic E-state index is 12.0. The monoisotopic (exact) mass is 277 g/mol. The van der Waals surface area contributed by atoms with E-state index >= 15 is 0 Å². The number of nitrogens with one attached hydrogen (secondary N) is 1. The number of aromatic nitrogens is 1. The topological polar surface area (TPSA) is 85.1 Å². The van der Waals surface area contributed by atoms with Crippen molar-refractivity contribution in [2.24, 2.45) is 11.7 Å². The summed E-state index contributed by atoms with van der Waals surface area (Å²) < 4.78 is 26.9. The lowest BCUT2D eigenvalue weighted by Gasteiger charge is -2.17. The van der Waals surface area contributed by atoms with Gasteiger partial charge in [-0.3, -0.25) is 0 Å². The Morgan fingerprint density at radius 3 is 2.59 bits per heavy atom. The zero-order valence-electron chi connectivity index (χ0n) is 10.3. The van der Waals surface area contributed by atoms with Gasteiger partial charge < -0.3 is 5.73 Å². The second kappa shape index (κ2) is 5.90. The zero-order valence-corrected chi connectivity index (χ0v) is 11.9. The summed E-state index contributed by atoms with van der Waals surface area (Å²) in [5, 5.41) is 0.735. The Morgan fingerprint density at radius 2 is 2.18 bits per heavy atom. The van der Waals surface area contributed by atoms with Crippen LogP contribution in [0.15, 0.2) is 10.4 Å². The standard InChI is InChI=1S/C10H19N3O2S2/c1-7(2)4-9(5-11)13-17(14,15)10-6-12-8(3)16-10/h6-7,9,13H,4-5,11H2,1-3H3. The van der Waals surface area contributed by atoms with Crippen LogP contribution in [-0.2, 0) is 10.0 Å². The molecule has 1 heterocycles. The molecule has 1 aromatic heterocycles. The van der Waals surface area contributed by atoms with E-state index in [1.807, 2.05) is 13.8 Å². The first-order chi connectivity index (χ1) is 7.85. The van der Waals surface area contributed by atoms with Gasteiger partial charge in [-0.1, -0.05) is 13.8 Å². The SMILES string of the molecule is Cc1ncc(S(=O)(=O)NC(CN)CC(C)C)s1. The Hall–Kier alpha value is -0.500. The molecule has 0 aliphatic rings. The Balaban J connectivity index is 2.78. The minimum Gasteiger partial charge on any atom is -0.329 e. The van der Waals surface area contributed by atoms with E-state index in [1.165, 1.54) is 6.20 Å². The molecular weight excluding hydrogens is 258 g/mol. The Kier molecular flexibility index (Phi) is 5.05. The van der Waals surface area contributed by atoms with Crippen molar-refractivity contribution >= 4 is 21.4 Å². The molecule has 0 fully saturated rings. The van der Waals surface area contributed by atoms with E-state index in [1.54, 1.807) is 6.92 Å². The van der Waals surface area contributed by atoms with E-state index < -0.39 is 10.0 Å². The van der Waals surface area contributed by atoms with Crippen LogP contribution in [-0.4, -0.2) is 26.0 Å². The van der Waals surface area contributed by atoms with E-state index in [0.29, 0.717) is 12.5 Å². The summed E-state index contributed by atoms with van der Waals surface area (Å²) in [6.07, 6.45) is 2.11. The second-order valence-corrected chi connectivity index (χ2v) is 7.56. The molecule has 0 saturated carbocycles. The highest BCUT2D eigenvalue weighted by molar-refractivity contribution is 7.91. The second-order valence-electron chi connectivity index (χ2n) is 4.38. The lowest BCUT2D eigenvalue weighted by molar-refractivity contribution is 0.465. The predicted octanol–water partition coefficient (Wildman–Crippen LogP) is 1.10. The van der Waals surface area contributed by atoms with Crippen LogP contribution in [0.25, 0.3) is 0 Å². The number of nitrogens with zero attached hydrogens (tertiary/aromatic N) is 1. The van der Waals surface area contributed by atoms with Gasteiger partial charge in [0.15, 0.2) is 4.21 Å². The fourth-order valence-electron chi connectivity index (χ4n) is 1.51. The first-order valence-corrected chi connectivity index (χ1v) is 7.80. The summed E-state index contributed by atoms with van der Waals surface area (Å²) in [7, 11) is -3.47. The molecule has 17 heavy (non-hydrogen) atoms. The van der Waals surface area contributed by atoms with Crippen LogP contribution in [0.1, 0.15) is 25.3 Å². The highest BCUT2D eigenvalue weighted by Crippen LogP contribution is 2.18. The summed E-state index contributed by atoms with van der Waals surface area (Å²) in [6, 6.07) is -0.220. The molecule has 0 aromatic carbocycles. The van der Waals surface area contributed by atoms with Crippen LogP contribution in [0.4, 0.5) is 0 Å². The van der Waals surface area contributed by atoms with Gasteiger partial charge in [-0.05, 0) is 19.3 Å². The Labute approximate surface area is 106 Å². The van der Waals surface area contributed by atoms with E-state index in [0.717, 1.165) is 22.8 Å². The molecule has 1 aromatic rings. The largest absolute Gasteiger partial charge is 0.329 e. The number of thiazole rings is 1. The third-order valence-corrected chi connectivity index (χ3v) is 5.12. The smallest absolute Gasteiger partial charge is 0.251 e. The molecule has 1 unspecified atom stereocenters. The minimum atomic E-state index is -3.47. The average Bonchev–Trinajstić information content (AvgIpc) is 2.63. The zero-order chi connectivity index (χ0) is 13.1. The molecule has 0 bridgehead atoms. The Bertz CT molecular complexity index is 454. The van der Waals surface area contributed by atoms with Gasteiger partial charge in [0.2, 0.25) is 0 Å². The van der Waals surface area contributed by atoms with E-state index in [-0.39, 0.29) is 10.3 Å². The highest BCUT2D eigenvalue weighted by atomic mass is 32.2. The molecular formula is C10H19N3O2S2. The number of nitrogens with two attached hydrogens (primary N) is 1. The van der Waals surface area contributed by atoms with Crippen LogP contribution in [0, 0.1) is 12.8 Å². The van der Waals surface area contributed by atoms with Gasteiger partial charge in [0.05, 0.1) is 11.2 Å². The molecule has 0 spiro atoms. The van der Waals surface area contributed by atoms with Crippen LogP contribution in [0.2, 0.25) is 0 Å². The summed E-state index contributed by atoms with van der Waals surface area (Å²) in [4.78, 5) is 3.95. The summed E-state index contributed by atoms with van der Waals surface area (Å²) >= 11 is 1.16. The third kappa shape index (κ3) is 4.34. The number of sulfonamides is 1. The molecule has 5 nitrogen and oxygen atoms in total. The van der Waals surface area contributed by atoms with Gasteiger partial charge in [0, 0.05) is 12.6 Å². The van der Waals surface area contributed by atoms with Crippen molar-refractivity contribution in [3.63, 3.8) is 0 Å². The van der Waals surface area contributed by atoms with Crippen molar-refractivity contribution in [1.29, 1.82) is 0 Å². The highest BCUT2D eigenvalue weighted by Gasteiger charge is 2.21. The molecule has 0 aliphatic heterocycles. The van der Waals surface area contributed by atoms with Crippen molar-refractivity contribution in [3.8, 4) is 0 Å². The molecule has 98 valence electrons. The first-order valence-electron chi connectivity index (χ1n) is 5.50. The third-order valence-electron chi connectivity index (χ3n) is 2.23. The molecule has 0 radical (unpaired) electrons. The molecule has 0 aliphatic carbocycles. The molecule has 1 atom stereocenters. The maximum Gasteiger partial charge on any atom is 0.251 e. The summed E-state index contributed by atoms with van der Waals surface area (Å²) in [5.41, 5.74) is 5.57. The molecule has 0 saturated heterocycles. The normalized spacial score (nSPS) is 14.2.